The van der Waals surface area contributed by atoms with E-state index in [1.807, 2.05) is 19.1 Å². The van der Waals surface area contributed by atoms with Crippen LogP contribution >= 0.6 is 22.9 Å². The monoisotopic (exact) mass is 353 g/mol. The molecule has 0 aliphatic rings. The number of carbonyl (C=O) groups is 1. The molecule has 0 saturated heterocycles. The Balaban J connectivity index is 1.98. The minimum absolute atomic E-state index is 0.0483. The van der Waals surface area contributed by atoms with Crippen LogP contribution in [0.5, 0.6) is 11.5 Å². The third-order valence-corrected chi connectivity index (χ3v) is 4.60. The van der Waals surface area contributed by atoms with E-state index in [1.165, 1.54) is 11.3 Å². The Bertz CT molecular complexity index is 642. The molecule has 6 heteroatoms. The molecule has 4 nitrogen and oxygen atoms in total. The molecule has 23 heavy (non-hydrogen) atoms. The molecule has 0 spiro atoms. The zero-order valence-electron chi connectivity index (χ0n) is 13.4. The maximum absolute atomic E-state index is 12.6. The van der Waals surface area contributed by atoms with Crippen molar-refractivity contribution in [2.45, 2.75) is 26.5 Å². The normalized spacial score (nSPS) is 11.8. The fourth-order valence-corrected chi connectivity index (χ4v) is 3.24. The second-order valence-electron chi connectivity index (χ2n) is 4.99. The van der Waals surface area contributed by atoms with Crippen molar-refractivity contribution in [2.75, 3.05) is 13.7 Å². The van der Waals surface area contributed by atoms with Gasteiger partial charge in [0.2, 0.25) is 0 Å². The van der Waals surface area contributed by atoms with Crippen LogP contribution in [-0.2, 0) is 11.3 Å². The largest absolute Gasteiger partial charge is 0.497 e. The Hall–Kier alpha value is -1.72. The van der Waals surface area contributed by atoms with Crippen molar-refractivity contribution in [1.29, 1.82) is 0 Å². The van der Waals surface area contributed by atoms with Gasteiger partial charge in [0, 0.05) is 11.4 Å². The Morgan fingerprint density at radius 2 is 1.87 bits per heavy atom. The van der Waals surface area contributed by atoms with Gasteiger partial charge in [-0.25, -0.2) is 0 Å². The molecule has 0 radical (unpaired) electrons. The van der Waals surface area contributed by atoms with Crippen LogP contribution in [-0.4, -0.2) is 30.6 Å². The maximum Gasteiger partial charge on any atom is 0.263 e. The van der Waals surface area contributed by atoms with E-state index in [9.17, 15) is 4.79 Å². The standard InChI is InChI=1S/C17H20ClNO3S/c1-4-19(11-15-9-10-16(18)23-15)17(20)12(2)22-14-7-5-13(21-3)6-8-14/h5-10,12H,4,11H2,1-3H3. The van der Waals surface area contributed by atoms with Gasteiger partial charge in [0.1, 0.15) is 11.5 Å². The lowest BCUT2D eigenvalue weighted by Gasteiger charge is -2.24. The summed E-state index contributed by atoms with van der Waals surface area (Å²) in [5, 5.41) is 0. The number of likely N-dealkylation sites (N-methyl/N-ethyl adjacent to an activating group) is 1. The van der Waals surface area contributed by atoms with Gasteiger partial charge in [-0.15, -0.1) is 11.3 Å². The van der Waals surface area contributed by atoms with Crippen molar-refractivity contribution < 1.29 is 14.3 Å². The van der Waals surface area contributed by atoms with Crippen LogP contribution in [0.25, 0.3) is 0 Å². The van der Waals surface area contributed by atoms with E-state index in [2.05, 4.69) is 0 Å². The van der Waals surface area contributed by atoms with Gasteiger partial charge in [-0.3, -0.25) is 4.79 Å². The summed E-state index contributed by atoms with van der Waals surface area (Å²) in [7, 11) is 1.61. The Morgan fingerprint density at radius 1 is 1.22 bits per heavy atom. The van der Waals surface area contributed by atoms with Gasteiger partial charge < -0.3 is 14.4 Å². The molecule has 1 atom stereocenters. The van der Waals surface area contributed by atoms with Crippen molar-refractivity contribution >= 4 is 28.8 Å². The smallest absolute Gasteiger partial charge is 0.263 e. The second-order valence-corrected chi connectivity index (χ2v) is 6.79. The van der Waals surface area contributed by atoms with Crippen LogP contribution < -0.4 is 9.47 Å². The van der Waals surface area contributed by atoms with E-state index in [0.29, 0.717) is 18.8 Å². The van der Waals surface area contributed by atoms with Gasteiger partial charge in [0.25, 0.3) is 5.91 Å². The predicted octanol–water partition coefficient (Wildman–Crippen LogP) is 4.23. The molecule has 2 rings (SSSR count). The van der Waals surface area contributed by atoms with Crippen LogP contribution in [0.2, 0.25) is 4.34 Å². The third-order valence-electron chi connectivity index (χ3n) is 3.39. The zero-order chi connectivity index (χ0) is 16.8. The fourth-order valence-electron chi connectivity index (χ4n) is 2.14. The number of benzene rings is 1. The lowest BCUT2D eigenvalue weighted by molar-refractivity contribution is -0.138. The lowest BCUT2D eigenvalue weighted by atomic mass is 10.3. The first kappa shape index (κ1) is 17.6. The van der Waals surface area contributed by atoms with Crippen LogP contribution in [0.3, 0.4) is 0 Å². The molecule has 2 aromatic rings. The number of rotatable bonds is 7. The number of hydrogen-bond donors (Lipinski definition) is 0. The summed E-state index contributed by atoms with van der Waals surface area (Å²) >= 11 is 7.43. The topological polar surface area (TPSA) is 38.8 Å². The first-order valence-corrected chi connectivity index (χ1v) is 8.56. The summed E-state index contributed by atoms with van der Waals surface area (Å²) in [6.07, 6.45) is -0.557. The number of hydrogen-bond acceptors (Lipinski definition) is 4. The molecule has 0 aliphatic heterocycles. The lowest BCUT2D eigenvalue weighted by Crippen LogP contribution is -2.39. The van der Waals surface area contributed by atoms with E-state index in [-0.39, 0.29) is 5.91 Å². The summed E-state index contributed by atoms with van der Waals surface area (Å²) < 4.78 is 11.6. The van der Waals surface area contributed by atoms with Crippen LogP contribution in [0.1, 0.15) is 18.7 Å². The van der Waals surface area contributed by atoms with Crippen LogP contribution in [0.4, 0.5) is 0 Å². The Kier molecular flexibility index (Phi) is 6.30. The summed E-state index contributed by atoms with van der Waals surface area (Å²) in [5.41, 5.74) is 0. The number of methoxy groups -OCH3 is 1. The van der Waals surface area contributed by atoms with Gasteiger partial charge in [-0.05, 0) is 50.2 Å². The highest BCUT2D eigenvalue weighted by Crippen LogP contribution is 2.23. The molecule has 1 heterocycles. The molecule has 1 aromatic carbocycles. The van der Waals surface area contributed by atoms with E-state index >= 15 is 0 Å². The number of nitrogens with zero attached hydrogens (tertiary/aromatic N) is 1. The van der Waals surface area contributed by atoms with E-state index in [1.54, 1.807) is 43.2 Å². The first-order valence-electron chi connectivity index (χ1n) is 7.37. The average molecular weight is 354 g/mol. The summed E-state index contributed by atoms with van der Waals surface area (Å²) in [5.74, 6) is 1.34. The fraction of sp³-hybridized carbons (Fsp3) is 0.353. The van der Waals surface area contributed by atoms with Gasteiger partial charge in [-0.2, -0.15) is 0 Å². The van der Waals surface area contributed by atoms with Gasteiger partial charge in [-0.1, -0.05) is 11.6 Å². The number of carbonyl (C=O) groups excluding carboxylic acids is 1. The van der Waals surface area contributed by atoms with Crippen molar-refractivity contribution in [1.82, 2.24) is 4.90 Å². The van der Waals surface area contributed by atoms with E-state index < -0.39 is 6.10 Å². The van der Waals surface area contributed by atoms with Gasteiger partial charge in [0.15, 0.2) is 6.10 Å². The number of amides is 1. The minimum Gasteiger partial charge on any atom is -0.497 e. The minimum atomic E-state index is -0.557. The number of halogens is 1. The Labute approximate surface area is 145 Å². The van der Waals surface area contributed by atoms with Crippen molar-refractivity contribution in [3.05, 3.63) is 45.6 Å². The molecule has 1 amide bonds. The van der Waals surface area contributed by atoms with Gasteiger partial charge in [0.05, 0.1) is 18.0 Å². The second kappa shape index (κ2) is 8.22. The van der Waals surface area contributed by atoms with Crippen LogP contribution in [0, 0.1) is 0 Å². The zero-order valence-corrected chi connectivity index (χ0v) is 15.0. The molecule has 0 fully saturated rings. The Morgan fingerprint density at radius 3 is 2.39 bits per heavy atom. The molecular weight excluding hydrogens is 334 g/mol. The van der Waals surface area contributed by atoms with Crippen molar-refractivity contribution in [3.8, 4) is 11.5 Å². The number of thiophene rings is 1. The van der Waals surface area contributed by atoms with Crippen molar-refractivity contribution in [3.63, 3.8) is 0 Å². The maximum atomic E-state index is 12.6. The first-order chi connectivity index (χ1) is 11.0. The molecule has 1 unspecified atom stereocenters. The summed E-state index contributed by atoms with van der Waals surface area (Å²) in [6, 6.07) is 11.0. The molecule has 0 N–H and O–H groups in total. The highest BCUT2D eigenvalue weighted by molar-refractivity contribution is 7.16. The molecule has 1 aromatic heterocycles. The van der Waals surface area contributed by atoms with E-state index in [4.69, 9.17) is 21.1 Å². The molecule has 0 saturated carbocycles. The van der Waals surface area contributed by atoms with Gasteiger partial charge >= 0.3 is 0 Å². The average Bonchev–Trinajstić information content (AvgIpc) is 2.97. The molecule has 0 bridgehead atoms. The quantitative estimate of drug-likeness (QED) is 0.747. The highest BCUT2D eigenvalue weighted by Gasteiger charge is 2.21. The third kappa shape index (κ3) is 4.88. The molecule has 0 aliphatic carbocycles. The van der Waals surface area contributed by atoms with Crippen molar-refractivity contribution in [2.24, 2.45) is 0 Å². The summed E-state index contributed by atoms with van der Waals surface area (Å²) in [6.45, 7) is 4.87. The van der Waals surface area contributed by atoms with Crippen LogP contribution in [0.15, 0.2) is 36.4 Å². The summed E-state index contributed by atoms with van der Waals surface area (Å²) in [4.78, 5) is 15.4. The van der Waals surface area contributed by atoms with E-state index in [0.717, 1.165) is 15.0 Å². The number of ether oxygens (including phenoxy) is 2. The molecule has 124 valence electrons. The SMILES string of the molecule is CCN(Cc1ccc(Cl)s1)C(=O)C(C)Oc1ccc(OC)cc1. The predicted molar refractivity (Wildman–Crippen MR) is 93.5 cm³/mol. The molecular formula is C17H20ClNO3S. The highest BCUT2D eigenvalue weighted by atomic mass is 35.5.